The first-order valence-electron chi connectivity index (χ1n) is 9.97. The molecule has 0 N–H and O–H groups in total. The van der Waals surface area contributed by atoms with E-state index >= 15 is 0 Å². The molecule has 3 aromatic rings. The summed E-state index contributed by atoms with van der Waals surface area (Å²) in [6.45, 7) is 2.59. The molecule has 1 atom stereocenters. The predicted molar refractivity (Wildman–Crippen MR) is 121 cm³/mol. The molecule has 0 saturated carbocycles. The Morgan fingerprint density at radius 1 is 1.27 bits per heavy atom. The van der Waals surface area contributed by atoms with Crippen LogP contribution in [-0.4, -0.2) is 46.4 Å². The number of carbonyl (C=O) groups is 1. The molecule has 1 saturated heterocycles. The third-order valence-electron chi connectivity index (χ3n) is 5.36. The van der Waals surface area contributed by atoms with E-state index in [0.717, 1.165) is 41.8 Å². The van der Waals surface area contributed by atoms with E-state index in [4.69, 9.17) is 16.6 Å². The number of likely N-dealkylation sites (tertiary alicyclic amines) is 1. The van der Waals surface area contributed by atoms with Gasteiger partial charge in [0.25, 0.3) is 5.91 Å². The highest BCUT2D eigenvalue weighted by molar-refractivity contribution is 7.11. The number of amides is 1. The largest absolute Gasteiger partial charge is 0.347 e. The van der Waals surface area contributed by atoms with Gasteiger partial charge in [0.2, 0.25) is 5.95 Å². The van der Waals surface area contributed by atoms with Crippen LogP contribution in [0, 0.1) is 6.92 Å². The molecule has 156 valence electrons. The Morgan fingerprint density at radius 2 is 2.10 bits per heavy atom. The van der Waals surface area contributed by atoms with Gasteiger partial charge in [0.05, 0.1) is 22.9 Å². The summed E-state index contributed by atoms with van der Waals surface area (Å²) in [5.74, 6) is 0.657. The number of hydrogen-bond donors (Lipinski definition) is 0. The maximum Gasteiger partial charge on any atom is 0.266 e. The third kappa shape index (κ3) is 4.04. The van der Waals surface area contributed by atoms with Gasteiger partial charge < -0.3 is 9.80 Å². The first-order valence-corrected chi connectivity index (χ1v) is 11.2. The Hall–Kier alpha value is -2.51. The number of benzene rings is 1. The molecule has 0 aliphatic carbocycles. The van der Waals surface area contributed by atoms with E-state index in [1.807, 2.05) is 61.3 Å². The van der Waals surface area contributed by atoms with Crippen LogP contribution in [0.4, 0.5) is 5.95 Å². The van der Waals surface area contributed by atoms with E-state index in [2.05, 4.69) is 9.97 Å². The Morgan fingerprint density at radius 3 is 2.80 bits per heavy atom. The third-order valence-corrected chi connectivity index (χ3v) is 6.51. The molecule has 1 aromatic carbocycles. The molecule has 6 nitrogen and oxygen atoms in total. The molecule has 2 aromatic heterocycles. The molecule has 1 aliphatic heterocycles. The molecule has 4 rings (SSSR count). The number of thiazole rings is 1. The first kappa shape index (κ1) is 20.8. The summed E-state index contributed by atoms with van der Waals surface area (Å²) in [5, 5.41) is 0.659. The number of piperidine rings is 1. The van der Waals surface area contributed by atoms with Gasteiger partial charge in [0, 0.05) is 37.4 Å². The zero-order chi connectivity index (χ0) is 21.3. The summed E-state index contributed by atoms with van der Waals surface area (Å²) in [6.07, 6.45) is 4.74. The van der Waals surface area contributed by atoms with Gasteiger partial charge in [-0.1, -0.05) is 23.7 Å². The number of aryl methyl sites for hydroxylation is 1. The molecule has 0 spiro atoms. The lowest BCUT2D eigenvalue weighted by Crippen LogP contribution is -2.39. The number of anilines is 1. The predicted octanol–water partition coefficient (Wildman–Crippen LogP) is 5.00. The zero-order valence-electron chi connectivity index (χ0n) is 17.3. The van der Waals surface area contributed by atoms with Crippen molar-refractivity contribution in [1.29, 1.82) is 0 Å². The van der Waals surface area contributed by atoms with E-state index in [1.165, 1.54) is 11.3 Å². The molecular formula is C22H24ClN5OS. The Balaban J connectivity index is 1.82. The normalized spacial score (nSPS) is 16.5. The van der Waals surface area contributed by atoms with E-state index < -0.39 is 0 Å². The van der Waals surface area contributed by atoms with Crippen LogP contribution in [0.3, 0.4) is 0 Å². The van der Waals surface area contributed by atoms with Crippen LogP contribution >= 0.6 is 22.9 Å². The van der Waals surface area contributed by atoms with Gasteiger partial charge in [-0.3, -0.25) is 4.79 Å². The number of hydrogen-bond acceptors (Lipinski definition) is 6. The topological polar surface area (TPSA) is 62.2 Å². The number of rotatable bonds is 4. The van der Waals surface area contributed by atoms with Crippen LogP contribution in [0.1, 0.15) is 46.4 Å². The number of carbonyl (C=O) groups excluding carboxylic acids is 1. The second kappa shape index (κ2) is 8.70. The molecule has 0 unspecified atom stereocenters. The van der Waals surface area contributed by atoms with E-state index in [1.54, 1.807) is 5.51 Å². The fourth-order valence-corrected chi connectivity index (χ4v) is 4.78. The minimum Gasteiger partial charge on any atom is -0.347 e. The minimum absolute atomic E-state index is 0.0294. The summed E-state index contributed by atoms with van der Waals surface area (Å²) < 4.78 is 0. The van der Waals surface area contributed by atoms with Gasteiger partial charge in [0.1, 0.15) is 4.88 Å². The highest BCUT2D eigenvalue weighted by Crippen LogP contribution is 2.38. The van der Waals surface area contributed by atoms with E-state index in [-0.39, 0.29) is 11.9 Å². The average Bonchev–Trinajstić information content (AvgIpc) is 3.18. The lowest BCUT2D eigenvalue weighted by molar-refractivity contribution is 0.0611. The number of halogens is 1. The van der Waals surface area contributed by atoms with Crippen molar-refractivity contribution in [2.24, 2.45) is 0 Å². The van der Waals surface area contributed by atoms with Crippen molar-refractivity contribution in [2.45, 2.75) is 32.2 Å². The summed E-state index contributed by atoms with van der Waals surface area (Å²) in [6, 6.07) is 7.57. The molecule has 0 radical (unpaired) electrons. The Kier molecular flexibility index (Phi) is 6.01. The zero-order valence-corrected chi connectivity index (χ0v) is 18.9. The lowest BCUT2D eigenvalue weighted by Gasteiger charge is -2.36. The second-order valence-electron chi connectivity index (χ2n) is 7.65. The molecule has 1 aliphatic rings. The lowest BCUT2D eigenvalue weighted by atomic mass is 9.93. The maximum absolute atomic E-state index is 13.4. The first-order chi connectivity index (χ1) is 14.5. The monoisotopic (exact) mass is 441 g/mol. The van der Waals surface area contributed by atoms with Crippen molar-refractivity contribution in [3.05, 3.63) is 57.3 Å². The van der Waals surface area contributed by atoms with Crippen molar-refractivity contribution in [2.75, 3.05) is 25.5 Å². The van der Waals surface area contributed by atoms with Gasteiger partial charge in [-0.2, -0.15) is 0 Å². The molecule has 1 fully saturated rings. The summed E-state index contributed by atoms with van der Waals surface area (Å²) in [5.41, 5.74) is 5.24. The van der Waals surface area contributed by atoms with E-state index in [0.29, 0.717) is 22.4 Å². The Bertz CT molecular complexity index is 1070. The summed E-state index contributed by atoms with van der Waals surface area (Å²) in [7, 11) is 3.84. The van der Waals surface area contributed by atoms with Crippen molar-refractivity contribution in [3.63, 3.8) is 0 Å². The molecule has 1 amide bonds. The molecule has 30 heavy (non-hydrogen) atoms. The van der Waals surface area contributed by atoms with Crippen LogP contribution in [-0.2, 0) is 0 Å². The van der Waals surface area contributed by atoms with Crippen molar-refractivity contribution >= 4 is 34.8 Å². The summed E-state index contributed by atoms with van der Waals surface area (Å²) >= 11 is 7.66. The fourth-order valence-electron chi connectivity index (χ4n) is 3.83. The number of nitrogens with zero attached hydrogens (tertiary/aromatic N) is 5. The maximum atomic E-state index is 13.4. The van der Waals surface area contributed by atoms with Crippen molar-refractivity contribution in [3.8, 4) is 11.1 Å². The second-order valence-corrected chi connectivity index (χ2v) is 8.94. The standard InChI is InChI=1S/C22H24ClN5OS/c1-14-20(30-13-25-14)21(29)28-10-5-4-9-18(28)19-17(12-24-22(26-19)27(2)3)15-7-6-8-16(23)11-15/h6-8,11-13,18H,4-5,9-10H2,1-3H3/t18-/m0/s1. The van der Waals surface area contributed by atoms with Gasteiger partial charge in [-0.25, -0.2) is 15.0 Å². The van der Waals surface area contributed by atoms with Crippen LogP contribution in [0.25, 0.3) is 11.1 Å². The minimum atomic E-state index is -0.122. The molecule has 8 heteroatoms. The van der Waals surface area contributed by atoms with Crippen LogP contribution in [0.15, 0.2) is 36.0 Å². The van der Waals surface area contributed by atoms with Gasteiger partial charge in [-0.15, -0.1) is 11.3 Å². The smallest absolute Gasteiger partial charge is 0.266 e. The Labute approximate surface area is 185 Å². The van der Waals surface area contributed by atoms with E-state index in [9.17, 15) is 4.79 Å². The van der Waals surface area contributed by atoms with Crippen molar-refractivity contribution in [1.82, 2.24) is 19.9 Å². The molecule has 3 heterocycles. The van der Waals surface area contributed by atoms with Gasteiger partial charge >= 0.3 is 0 Å². The quantitative estimate of drug-likeness (QED) is 0.570. The van der Waals surface area contributed by atoms with Gasteiger partial charge in [-0.05, 0) is 43.9 Å². The van der Waals surface area contributed by atoms with Gasteiger partial charge in [0.15, 0.2) is 0 Å². The fraction of sp³-hybridized carbons (Fsp3) is 0.364. The SMILES string of the molecule is Cc1ncsc1C(=O)N1CCCC[C@H]1c1nc(N(C)C)ncc1-c1cccc(Cl)c1. The van der Waals surface area contributed by atoms with Crippen LogP contribution < -0.4 is 4.90 Å². The highest BCUT2D eigenvalue weighted by atomic mass is 35.5. The van der Waals surface area contributed by atoms with Crippen LogP contribution in [0.5, 0.6) is 0 Å². The van der Waals surface area contributed by atoms with Crippen molar-refractivity contribution < 1.29 is 4.79 Å². The average molecular weight is 442 g/mol. The molecule has 0 bridgehead atoms. The molecular weight excluding hydrogens is 418 g/mol. The summed E-state index contributed by atoms with van der Waals surface area (Å²) in [4.78, 5) is 31.7. The van der Waals surface area contributed by atoms with Crippen LogP contribution in [0.2, 0.25) is 5.02 Å². The number of aromatic nitrogens is 3. The highest BCUT2D eigenvalue weighted by Gasteiger charge is 2.33.